The number of rotatable bonds is 5. The zero-order valence-electron chi connectivity index (χ0n) is 14.3. The summed E-state index contributed by atoms with van der Waals surface area (Å²) in [6.45, 7) is 0.663. The van der Waals surface area contributed by atoms with E-state index in [2.05, 4.69) is 5.32 Å². The fourth-order valence-corrected chi connectivity index (χ4v) is 5.37. The topological polar surface area (TPSA) is 55.7 Å². The first-order chi connectivity index (χ1) is 12.4. The number of fused-ring (bicyclic) bond motifs is 1. The van der Waals surface area contributed by atoms with Crippen molar-refractivity contribution in [2.24, 2.45) is 0 Å². The summed E-state index contributed by atoms with van der Waals surface area (Å²) in [4.78, 5) is 0. The van der Waals surface area contributed by atoms with Crippen LogP contribution in [0.4, 0.5) is 24.5 Å². The van der Waals surface area contributed by atoms with Crippen molar-refractivity contribution in [2.45, 2.75) is 24.5 Å². The largest absolute Gasteiger partial charge is 0.320 e. The Morgan fingerprint density at radius 2 is 1.85 bits per heavy atom. The third kappa shape index (κ3) is 3.42. The minimum Gasteiger partial charge on any atom is -0.320 e. The van der Waals surface area contributed by atoms with Crippen LogP contribution in [0.3, 0.4) is 0 Å². The fraction of sp³-hybridized carbons (Fsp3) is 0.333. The normalized spacial score (nSPS) is 19.9. The number of nitrogens with one attached hydrogen (secondary N) is 1. The van der Waals surface area contributed by atoms with Crippen LogP contribution in [-0.4, -0.2) is 27.9 Å². The van der Waals surface area contributed by atoms with E-state index in [1.807, 2.05) is 0 Å². The second kappa shape index (κ2) is 7.48. The van der Waals surface area contributed by atoms with Gasteiger partial charge in [-0.3, -0.25) is 9.11 Å². The molecule has 2 aromatic carbocycles. The molecule has 0 radical (unpaired) electrons. The first-order valence-corrected chi connectivity index (χ1v) is 9.87. The number of nitrogens with zero attached hydrogens (tertiary/aromatic N) is 1. The monoisotopic (exact) mass is 386 g/mol. The van der Waals surface area contributed by atoms with Gasteiger partial charge in [0.1, 0.15) is 11.5 Å². The van der Waals surface area contributed by atoms with Crippen molar-refractivity contribution in [3.63, 3.8) is 0 Å². The van der Waals surface area contributed by atoms with Crippen LogP contribution in [0.5, 0.6) is 0 Å². The van der Waals surface area contributed by atoms with Gasteiger partial charge in [0.15, 0.2) is 11.6 Å². The number of anilines is 2. The molecule has 1 aliphatic rings. The van der Waals surface area contributed by atoms with E-state index >= 15 is 0 Å². The van der Waals surface area contributed by atoms with Crippen molar-refractivity contribution in [3.05, 3.63) is 59.4 Å². The molecule has 0 saturated heterocycles. The van der Waals surface area contributed by atoms with Crippen LogP contribution < -0.4 is 9.62 Å². The lowest BCUT2D eigenvalue weighted by Crippen LogP contribution is -2.38. The van der Waals surface area contributed by atoms with Crippen molar-refractivity contribution < 1.29 is 22.3 Å². The average Bonchev–Trinajstić information content (AvgIpc) is 2.57. The molecular formula is C18H21F3N2O2S. The molecule has 26 heavy (non-hydrogen) atoms. The van der Waals surface area contributed by atoms with Crippen molar-refractivity contribution in [3.8, 4) is 0 Å². The Kier molecular flexibility index (Phi) is 5.47. The summed E-state index contributed by atoms with van der Waals surface area (Å²) in [6, 6.07) is 7.07. The Balaban J connectivity index is 2.13. The molecule has 1 atom stereocenters. The number of hydrogen-bond acceptors (Lipinski definition) is 4. The zero-order valence-corrected chi connectivity index (χ0v) is 15.1. The molecule has 0 aliphatic carbocycles. The van der Waals surface area contributed by atoms with Gasteiger partial charge in [0.05, 0.1) is 10.9 Å². The number of hydrogen-bond donors (Lipinski definition) is 3. The highest BCUT2D eigenvalue weighted by atomic mass is 32.3. The molecule has 0 unspecified atom stereocenters. The molecular weight excluding hydrogens is 365 g/mol. The zero-order chi connectivity index (χ0) is 18.9. The quantitative estimate of drug-likeness (QED) is 0.644. The van der Waals surface area contributed by atoms with E-state index in [0.717, 1.165) is 22.5 Å². The van der Waals surface area contributed by atoms with Gasteiger partial charge in [0.2, 0.25) is 0 Å². The highest BCUT2D eigenvalue weighted by Gasteiger charge is 2.41. The van der Waals surface area contributed by atoms with Gasteiger partial charge in [-0.2, -0.15) is 0 Å². The summed E-state index contributed by atoms with van der Waals surface area (Å²) in [6.07, 6.45) is 1.30. The molecule has 0 spiro atoms. The molecule has 1 aliphatic heterocycles. The Morgan fingerprint density at radius 1 is 1.15 bits per heavy atom. The van der Waals surface area contributed by atoms with E-state index in [-0.39, 0.29) is 12.1 Å². The predicted molar refractivity (Wildman–Crippen MR) is 98.4 cm³/mol. The van der Waals surface area contributed by atoms with Crippen molar-refractivity contribution in [2.75, 3.05) is 17.9 Å². The second-order valence-electron chi connectivity index (χ2n) is 6.27. The van der Waals surface area contributed by atoms with Gasteiger partial charge in [0.25, 0.3) is 0 Å². The highest BCUT2D eigenvalue weighted by molar-refractivity contribution is 8.26. The smallest absolute Gasteiger partial charge is 0.151 e. The average molecular weight is 386 g/mol. The van der Waals surface area contributed by atoms with Gasteiger partial charge in [-0.15, -0.1) is 10.8 Å². The summed E-state index contributed by atoms with van der Waals surface area (Å²) in [5, 5.41) is 2.31. The van der Waals surface area contributed by atoms with Crippen molar-refractivity contribution >= 4 is 22.2 Å². The molecule has 8 heteroatoms. The molecule has 4 nitrogen and oxygen atoms in total. The van der Waals surface area contributed by atoms with Gasteiger partial charge in [-0.05, 0) is 68.8 Å². The van der Waals surface area contributed by atoms with Crippen LogP contribution >= 0.6 is 10.8 Å². The molecule has 3 rings (SSSR count). The molecule has 3 N–H and O–H groups in total. The minimum absolute atomic E-state index is 0.209. The maximum absolute atomic E-state index is 14.4. The second-order valence-corrected chi connectivity index (χ2v) is 8.42. The molecule has 1 heterocycles. The van der Waals surface area contributed by atoms with Crippen LogP contribution in [0, 0.1) is 17.5 Å². The van der Waals surface area contributed by atoms with E-state index < -0.39 is 39.2 Å². The van der Waals surface area contributed by atoms with Gasteiger partial charge in [-0.1, -0.05) is 6.07 Å². The lowest BCUT2D eigenvalue weighted by Gasteiger charge is -2.52. The van der Waals surface area contributed by atoms with Crippen LogP contribution in [0.1, 0.15) is 18.4 Å². The number of para-hydroxylation sites is 1. The first kappa shape index (κ1) is 19.0. The van der Waals surface area contributed by atoms with Crippen LogP contribution in [0.25, 0.3) is 0 Å². The standard InChI is InChI=1S/C18H21F3N2O2S/c1-22-9-3-4-14-11-12-10-13(19)7-8-17(12)23(26(14,24)25)18-15(20)5-2-6-16(18)21/h2,5-8,10,14,22,24-25H,3-4,9,11H2,1H3/t14-/m1/s1. The lowest BCUT2D eigenvalue weighted by atomic mass is 10.0. The van der Waals surface area contributed by atoms with Gasteiger partial charge in [-0.25, -0.2) is 17.5 Å². The van der Waals surface area contributed by atoms with Gasteiger partial charge >= 0.3 is 0 Å². The summed E-state index contributed by atoms with van der Waals surface area (Å²) in [5.74, 6) is -2.29. The number of benzene rings is 2. The first-order valence-electron chi connectivity index (χ1n) is 8.30. The third-order valence-corrected chi connectivity index (χ3v) is 6.73. The summed E-state index contributed by atoms with van der Waals surface area (Å²) >= 11 is 0. The van der Waals surface area contributed by atoms with E-state index in [4.69, 9.17) is 0 Å². The molecule has 0 fully saturated rings. The molecule has 2 aromatic rings. The fourth-order valence-electron chi connectivity index (χ4n) is 3.27. The van der Waals surface area contributed by atoms with Gasteiger partial charge < -0.3 is 5.32 Å². The predicted octanol–water partition coefficient (Wildman–Crippen LogP) is 4.83. The van der Waals surface area contributed by atoms with Crippen LogP contribution in [0.2, 0.25) is 0 Å². The van der Waals surface area contributed by atoms with E-state index in [9.17, 15) is 22.3 Å². The van der Waals surface area contributed by atoms with Crippen LogP contribution in [-0.2, 0) is 6.42 Å². The minimum atomic E-state index is -3.57. The maximum Gasteiger partial charge on any atom is 0.151 e. The van der Waals surface area contributed by atoms with Crippen LogP contribution in [0.15, 0.2) is 36.4 Å². The van der Waals surface area contributed by atoms with Crippen molar-refractivity contribution in [1.29, 1.82) is 0 Å². The summed E-state index contributed by atoms with van der Waals surface area (Å²) in [5.41, 5.74) is 0.173. The van der Waals surface area contributed by atoms with Crippen molar-refractivity contribution in [1.82, 2.24) is 5.32 Å². The van der Waals surface area contributed by atoms with E-state index in [1.165, 1.54) is 18.2 Å². The Labute approximate surface area is 152 Å². The Bertz CT molecular complexity index is 784. The maximum atomic E-state index is 14.4. The van der Waals surface area contributed by atoms with Gasteiger partial charge in [0, 0.05) is 0 Å². The third-order valence-electron chi connectivity index (χ3n) is 4.52. The Morgan fingerprint density at radius 3 is 2.50 bits per heavy atom. The molecule has 142 valence electrons. The molecule has 0 amide bonds. The molecule has 0 bridgehead atoms. The summed E-state index contributed by atoms with van der Waals surface area (Å²) < 4.78 is 65.3. The lowest BCUT2D eigenvalue weighted by molar-refractivity contribution is 0.451. The summed E-state index contributed by atoms with van der Waals surface area (Å²) in [7, 11) is -1.78. The Hall–Kier alpha value is -1.74. The van der Waals surface area contributed by atoms with E-state index in [1.54, 1.807) is 7.05 Å². The number of halogens is 3. The molecule has 0 aromatic heterocycles. The molecule has 0 saturated carbocycles. The van der Waals surface area contributed by atoms with E-state index in [0.29, 0.717) is 24.9 Å². The SMILES string of the molecule is CNCCC[C@@H]1Cc2cc(F)ccc2N(c2c(F)cccc2F)S1(O)O. The highest BCUT2D eigenvalue weighted by Crippen LogP contribution is 2.61.